The highest BCUT2D eigenvalue weighted by Crippen LogP contribution is 2.51. The Labute approximate surface area is 127 Å². The molecule has 21 heavy (non-hydrogen) atoms. The van der Waals surface area contributed by atoms with Crippen molar-refractivity contribution in [1.82, 2.24) is 5.32 Å². The van der Waals surface area contributed by atoms with Crippen LogP contribution >= 0.6 is 0 Å². The summed E-state index contributed by atoms with van der Waals surface area (Å²) in [5.41, 5.74) is -0.551. The van der Waals surface area contributed by atoms with Gasteiger partial charge in [-0.2, -0.15) is 0 Å². The molecule has 2 aliphatic rings. The molecule has 0 aliphatic heterocycles. The van der Waals surface area contributed by atoms with Gasteiger partial charge in [0.15, 0.2) is 0 Å². The average molecular weight is 295 g/mol. The van der Waals surface area contributed by atoms with Crippen LogP contribution in [0, 0.1) is 16.7 Å². The largest absolute Gasteiger partial charge is 0.481 e. The Bertz CT molecular complexity index is 391. The van der Waals surface area contributed by atoms with Gasteiger partial charge < -0.3 is 10.4 Å². The summed E-state index contributed by atoms with van der Waals surface area (Å²) in [5, 5.41) is 12.6. The molecule has 0 atom stereocenters. The number of amides is 1. The molecular formula is C17H29NO3. The molecule has 120 valence electrons. The van der Waals surface area contributed by atoms with Crippen LogP contribution in [0.3, 0.4) is 0 Å². The van der Waals surface area contributed by atoms with Crippen LogP contribution in [0.15, 0.2) is 0 Å². The SMILES string of the molecule is CC(C)C1(CNC(=O)CC2(C(=O)O)CCCCCC2)CC1. The molecule has 4 nitrogen and oxygen atoms in total. The van der Waals surface area contributed by atoms with Crippen molar-refractivity contribution in [2.45, 2.75) is 71.6 Å². The highest BCUT2D eigenvalue weighted by Gasteiger charge is 2.46. The minimum absolute atomic E-state index is 0.0776. The van der Waals surface area contributed by atoms with Crippen LogP contribution in [0.4, 0.5) is 0 Å². The highest BCUT2D eigenvalue weighted by molar-refractivity contribution is 5.85. The maximum Gasteiger partial charge on any atom is 0.310 e. The molecule has 0 saturated heterocycles. The molecule has 1 amide bonds. The van der Waals surface area contributed by atoms with E-state index in [1.807, 2.05) is 0 Å². The van der Waals surface area contributed by atoms with Gasteiger partial charge in [0.2, 0.25) is 5.91 Å². The van der Waals surface area contributed by atoms with Gasteiger partial charge in [-0.3, -0.25) is 9.59 Å². The van der Waals surface area contributed by atoms with Gasteiger partial charge in [-0.1, -0.05) is 39.5 Å². The maximum atomic E-state index is 12.3. The van der Waals surface area contributed by atoms with E-state index >= 15 is 0 Å². The molecule has 0 bridgehead atoms. The summed E-state index contributed by atoms with van der Waals surface area (Å²) >= 11 is 0. The maximum absolute atomic E-state index is 12.3. The van der Waals surface area contributed by atoms with Gasteiger partial charge in [-0.15, -0.1) is 0 Å². The Morgan fingerprint density at radius 2 is 1.62 bits per heavy atom. The van der Waals surface area contributed by atoms with E-state index in [0.717, 1.165) is 25.7 Å². The highest BCUT2D eigenvalue weighted by atomic mass is 16.4. The second kappa shape index (κ2) is 6.37. The van der Waals surface area contributed by atoms with Crippen molar-refractivity contribution in [3.63, 3.8) is 0 Å². The summed E-state index contributed by atoms with van der Waals surface area (Å²) in [5.74, 6) is -0.292. The van der Waals surface area contributed by atoms with Crippen LogP contribution in [-0.4, -0.2) is 23.5 Å². The lowest BCUT2D eigenvalue weighted by molar-refractivity contribution is -0.152. The number of aliphatic carboxylic acids is 1. The Morgan fingerprint density at radius 1 is 1.05 bits per heavy atom. The molecule has 0 spiro atoms. The fraction of sp³-hybridized carbons (Fsp3) is 0.882. The van der Waals surface area contributed by atoms with E-state index in [0.29, 0.717) is 25.3 Å². The zero-order chi connectivity index (χ0) is 15.5. The molecule has 0 aromatic carbocycles. The molecule has 0 radical (unpaired) electrons. The van der Waals surface area contributed by atoms with Crippen molar-refractivity contribution in [2.24, 2.45) is 16.7 Å². The Balaban J connectivity index is 1.91. The van der Waals surface area contributed by atoms with E-state index in [9.17, 15) is 14.7 Å². The Kier molecular flexibility index (Phi) is 4.95. The molecule has 2 N–H and O–H groups in total. The lowest BCUT2D eigenvalue weighted by Crippen LogP contribution is -2.39. The molecular weight excluding hydrogens is 266 g/mol. The predicted molar refractivity (Wildman–Crippen MR) is 81.9 cm³/mol. The Morgan fingerprint density at radius 3 is 2.05 bits per heavy atom. The van der Waals surface area contributed by atoms with E-state index in [1.54, 1.807) is 0 Å². The fourth-order valence-corrected chi connectivity index (χ4v) is 3.63. The van der Waals surface area contributed by atoms with Crippen molar-refractivity contribution in [3.05, 3.63) is 0 Å². The van der Waals surface area contributed by atoms with E-state index in [1.165, 1.54) is 12.8 Å². The first-order valence-corrected chi connectivity index (χ1v) is 8.40. The molecule has 2 rings (SSSR count). The normalized spacial score (nSPS) is 23.4. The second-order valence-electron chi connectivity index (χ2n) is 7.47. The third-order valence-electron chi connectivity index (χ3n) is 5.77. The topological polar surface area (TPSA) is 66.4 Å². The number of carboxylic acids is 1. The lowest BCUT2D eigenvalue weighted by atomic mass is 9.77. The van der Waals surface area contributed by atoms with Gasteiger partial charge >= 0.3 is 5.97 Å². The number of rotatable bonds is 6. The minimum atomic E-state index is -0.824. The number of nitrogens with one attached hydrogen (secondary N) is 1. The molecule has 0 heterocycles. The van der Waals surface area contributed by atoms with Crippen molar-refractivity contribution in [1.29, 1.82) is 0 Å². The third-order valence-corrected chi connectivity index (χ3v) is 5.77. The average Bonchev–Trinajstić information content (AvgIpc) is 3.22. The first-order valence-electron chi connectivity index (χ1n) is 8.40. The monoisotopic (exact) mass is 295 g/mol. The third kappa shape index (κ3) is 3.78. The molecule has 2 aliphatic carbocycles. The summed E-state index contributed by atoms with van der Waals surface area (Å²) in [4.78, 5) is 24.0. The van der Waals surface area contributed by atoms with E-state index in [-0.39, 0.29) is 17.7 Å². The Hall–Kier alpha value is -1.06. The predicted octanol–water partition coefficient (Wildman–Crippen LogP) is 3.35. The molecule has 2 saturated carbocycles. The van der Waals surface area contributed by atoms with E-state index < -0.39 is 11.4 Å². The smallest absolute Gasteiger partial charge is 0.310 e. The minimum Gasteiger partial charge on any atom is -0.481 e. The molecule has 0 aromatic rings. The summed E-state index contributed by atoms with van der Waals surface area (Å²) in [7, 11) is 0. The number of hydrogen-bond donors (Lipinski definition) is 2. The standard InChI is InChI=1S/C17H29NO3/c1-13(2)17(9-10-17)12-18-14(19)11-16(15(20)21)7-5-3-4-6-8-16/h13H,3-12H2,1-2H3,(H,18,19)(H,20,21). The lowest BCUT2D eigenvalue weighted by Gasteiger charge is -2.28. The first-order chi connectivity index (χ1) is 9.90. The van der Waals surface area contributed by atoms with Gasteiger partial charge in [0.05, 0.1) is 5.41 Å². The van der Waals surface area contributed by atoms with Crippen LogP contribution in [0.5, 0.6) is 0 Å². The first kappa shape index (κ1) is 16.3. The molecule has 0 unspecified atom stereocenters. The molecule has 4 heteroatoms. The summed E-state index contributed by atoms with van der Waals surface area (Å²) < 4.78 is 0. The number of carbonyl (C=O) groups excluding carboxylic acids is 1. The summed E-state index contributed by atoms with van der Waals surface area (Å²) in [6.07, 6.45) is 7.82. The van der Waals surface area contributed by atoms with Crippen molar-refractivity contribution < 1.29 is 14.7 Å². The van der Waals surface area contributed by atoms with Gasteiger partial charge in [0.25, 0.3) is 0 Å². The zero-order valence-electron chi connectivity index (χ0n) is 13.4. The summed E-state index contributed by atoms with van der Waals surface area (Å²) in [6, 6.07) is 0. The van der Waals surface area contributed by atoms with Gasteiger partial charge in [-0.05, 0) is 37.0 Å². The van der Waals surface area contributed by atoms with Crippen LogP contribution in [0.25, 0.3) is 0 Å². The summed E-state index contributed by atoms with van der Waals surface area (Å²) in [6.45, 7) is 5.10. The van der Waals surface area contributed by atoms with Crippen LogP contribution in [0.2, 0.25) is 0 Å². The van der Waals surface area contributed by atoms with E-state index in [2.05, 4.69) is 19.2 Å². The van der Waals surface area contributed by atoms with Gasteiger partial charge in [-0.25, -0.2) is 0 Å². The van der Waals surface area contributed by atoms with Crippen LogP contribution in [0.1, 0.15) is 71.6 Å². The van der Waals surface area contributed by atoms with Crippen molar-refractivity contribution in [3.8, 4) is 0 Å². The number of carboxylic acid groups (broad SMARTS) is 1. The molecule has 0 aromatic heterocycles. The van der Waals surface area contributed by atoms with E-state index in [4.69, 9.17) is 0 Å². The molecule has 2 fully saturated rings. The van der Waals surface area contributed by atoms with Crippen molar-refractivity contribution >= 4 is 11.9 Å². The fourth-order valence-electron chi connectivity index (χ4n) is 3.63. The number of carbonyl (C=O) groups is 2. The number of hydrogen-bond acceptors (Lipinski definition) is 2. The zero-order valence-corrected chi connectivity index (χ0v) is 13.4. The second-order valence-corrected chi connectivity index (χ2v) is 7.47. The van der Waals surface area contributed by atoms with Crippen LogP contribution < -0.4 is 5.32 Å². The quantitative estimate of drug-likeness (QED) is 0.738. The van der Waals surface area contributed by atoms with Crippen LogP contribution in [-0.2, 0) is 9.59 Å². The van der Waals surface area contributed by atoms with Gasteiger partial charge in [0, 0.05) is 13.0 Å². The van der Waals surface area contributed by atoms with Gasteiger partial charge in [0.1, 0.15) is 0 Å². The van der Waals surface area contributed by atoms with Crippen molar-refractivity contribution in [2.75, 3.05) is 6.54 Å².